The van der Waals surface area contributed by atoms with Gasteiger partial charge in [-0.2, -0.15) is 0 Å². The maximum absolute atomic E-state index is 12.3. The van der Waals surface area contributed by atoms with E-state index in [9.17, 15) is 9.59 Å². The number of ether oxygens (including phenoxy) is 4. The van der Waals surface area contributed by atoms with Crippen molar-refractivity contribution in [1.82, 2.24) is 0 Å². The summed E-state index contributed by atoms with van der Waals surface area (Å²) in [7, 11) is 4.51. The Bertz CT molecular complexity index is 789. The Hall–Kier alpha value is -3.22. The van der Waals surface area contributed by atoms with Crippen molar-refractivity contribution in [2.75, 3.05) is 26.6 Å². The van der Waals surface area contributed by atoms with Crippen molar-refractivity contribution in [3.63, 3.8) is 0 Å². The topological polar surface area (TPSA) is 83.1 Å². The Morgan fingerprint density at radius 3 is 2.31 bits per heavy atom. The van der Waals surface area contributed by atoms with Gasteiger partial charge in [0.25, 0.3) is 5.91 Å². The van der Waals surface area contributed by atoms with E-state index in [4.69, 9.17) is 18.9 Å². The second-order valence-corrected chi connectivity index (χ2v) is 5.34. The third kappa shape index (κ3) is 4.66. The first-order chi connectivity index (χ1) is 12.5. The average molecular weight is 359 g/mol. The first-order valence-corrected chi connectivity index (χ1v) is 7.86. The second kappa shape index (κ2) is 8.75. The summed E-state index contributed by atoms with van der Waals surface area (Å²) in [4.78, 5) is 24.5. The number of anilines is 1. The third-order valence-electron chi connectivity index (χ3n) is 3.61. The molecule has 0 saturated carbocycles. The van der Waals surface area contributed by atoms with Crippen LogP contribution in [0.15, 0.2) is 42.5 Å². The molecule has 7 nitrogen and oxygen atoms in total. The molecule has 26 heavy (non-hydrogen) atoms. The van der Waals surface area contributed by atoms with Crippen LogP contribution in [0.5, 0.6) is 17.2 Å². The summed E-state index contributed by atoms with van der Waals surface area (Å²) in [5, 5.41) is 2.67. The first-order valence-electron chi connectivity index (χ1n) is 7.86. The van der Waals surface area contributed by atoms with Gasteiger partial charge in [-0.1, -0.05) is 6.07 Å². The van der Waals surface area contributed by atoms with Gasteiger partial charge in [-0.3, -0.25) is 4.79 Å². The van der Waals surface area contributed by atoms with Crippen LogP contribution in [0.25, 0.3) is 0 Å². The monoisotopic (exact) mass is 359 g/mol. The number of carbonyl (C=O) groups is 2. The highest BCUT2D eigenvalue weighted by Crippen LogP contribution is 2.28. The number of benzene rings is 2. The predicted molar refractivity (Wildman–Crippen MR) is 96.0 cm³/mol. The van der Waals surface area contributed by atoms with Gasteiger partial charge in [0.2, 0.25) is 0 Å². The van der Waals surface area contributed by atoms with Crippen LogP contribution in [-0.4, -0.2) is 39.3 Å². The Balaban J connectivity index is 2.02. The van der Waals surface area contributed by atoms with E-state index in [2.05, 4.69) is 5.32 Å². The maximum Gasteiger partial charge on any atom is 0.339 e. The van der Waals surface area contributed by atoms with Gasteiger partial charge in [0, 0.05) is 11.8 Å². The lowest BCUT2D eigenvalue weighted by molar-refractivity contribution is -0.123. The molecule has 1 amide bonds. The summed E-state index contributed by atoms with van der Waals surface area (Å²) in [6.07, 6.45) is -0.984. The van der Waals surface area contributed by atoms with Gasteiger partial charge in [0.1, 0.15) is 5.75 Å². The van der Waals surface area contributed by atoms with Gasteiger partial charge in [-0.15, -0.1) is 0 Å². The molecule has 2 aromatic rings. The summed E-state index contributed by atoms with van der Waals surface area (Å²) in [5.74, 6) is 0.410. The standard InChI is InChI=1S/C19H21NO6/c1-12(18(21)20-14-6-5-7-15(11-14)23-2)26-19(22)13-8-9-16(24-3)17(10-13)25-4/h5-12H,1-4H3,(H,20,21)/t12-/m1/s1. The lowest BCUT2D eigenvalue weighted by Gasteiger charge is -2.15. The normalized spacial score (nSPS) is 11.2. The maximum atomic E-state index is 12.3. The fourth-order valence-corrected chi connectivity index (χ4v) is 2.19. The number of hydrogen-bond acceptors (Lipinski definition) is 6. The molecule has 0 saturated heterocycles. The van der Waals surface area contributed by atoms with Crippen LogP contribution in [0.2, 0.25) is 0 Å². The Morgan fingerprint density at radius 2 is 1.65 bits per heavy atom. The van der Waals surface area contributed by atoms with Gasteiger partial charge >= 0.3 is 5.97 Å². The van der Waals surface area contributed by atoms with E-state index in [1.807, 2.05) is 0 Å². The van der Waals surface area contributed by atoms with Crippen molar-refractivity contribution in [2.45, 2.75) is 13.0 Å². The van der Waals surface area contributed by atoms with E-state index in [0.717, 1.165) is 0 Å². The molecule has 0 aliphatic heterocycles. The number of nitrogens with one attached hydrogen (secondary N) is 1. The van der Waals surface area contributed by atoms with Crippen molar-refractivity contribution in [1.29, 1.82) is 0 Å². The molecule has 0 aliphatic carbocycles. The molecule has 1 atom stereocenters. The molecule has 1 N–H and O–H groups in total. The number of methoxy groups -OCH3 is 3. The molecular weight excluding hydrogens is 338 g/mol. The Labute approximate surface area is 151 Å². The van der Waals surface area contributed by atoms with Crippen molar-refractivity contribution in [3.8, 4) is 17.2 Å². The fourth-order valence-electron chi connectivity index (χ4n) is 2.19. The van der Waals surface area contributed by atoms with Gasteiger partial charge in [0.15, 0.2) is 17.6 Å². The minimum absolute atomic E-state index is 0.253. The van der Waals surface area contributed by atoms with E-state index in [1.165, 1.54) is 40.4 Å². The molecule has 2 aromatic carbocycles. The zero-order valence-corrected chi connectivity index (χ0v) is 15.1. The highest BCUT2D eigenvalue weighted by atomic mass is 16.5. The lowest BCUT2D eigenvalue weighted by atomic mass is 10.2. The Morgan fingerprint density at radius 1 is 0.923 bits per heavy atom. The van der Waals surface area contributed by atoms with E-state index in [0.29, 0.717) is 22.9 Å². The largest absolute Gasteiger partial charge is 0.497 e. The number of carbonyl (C=O) groups excluding carboxylic acids is 2. The zero-order valence-electron chi connectivity index (χ0n) is 15.1. The fraction of sp³-hybridized carbons (Fsp3) is 0.263. The number of esters is 1. The minimum atomic E-state index is -0.984. The molecule has 0 aromatic heterocycles. The molecule has 138 valence electrons. The molecule has 0 spiro atoms. The lowest BCUT2D eigenvalue weighted by Crippen LogP contribution is -2.30. The quantitative estimate of drug-likeness (QED) is 0.766. The van der Waals surface area contributed by atoms with Crippen LogP contribution in [0, 0.1) is 0 Å². The Kier molecular flexibility index (Phi) is 6.43. The SMILES string of the molecule is COc1cccc(NC(=O)[C@@H](C)OC(=O)c2ccc(OC)c(OC)c2)c1. The molecule has 0 bridgehead atoms. The van der Waals surface area contributed by atoms with Gasteiger partial charge < -0.3 is 24.3 Å². The zero-order chi connectivity index (χ0) is 19.1. The third-order valence-corrected chi connectivity index (χ3v) is 3.61. The highest BCUT2D eigenvalue weighted by molar-refractivity contribution is 5.97. The molecule has 0 fully saturated rings. The van der Waals surface area contributed by atoms with Crippen molar-refractivity contribution in [3.05, 3.63) is 48.0 Å². The van der Waals surface area contributed by atoms with Gasteiger partial charge in [0.05, 0.1) is 26.9 Å². The van der Waals surface area contributed by atoms with Crippen LogP contribution >= 0.6 is 0 Å². The van der Waals surface area contributed by atoms with E-state index in [-0.39, 0.29) is 5.56 Å². The van der Waals surface area contributed by atoms with Gasteiger partial charge in [-0.05, 0) is 37.3 Å². The van der Waals surface area contributed by atoms with E-state index in [1.54, 1.807) is 30.3 Å². The molecular formula is C19H21NO6. The van der Waals surface area contributed by atoms with Crippen LogP contribution in [-0.2, 0) is 9.53 Å². The molecule has 0 heterocycles. The summed E-state index contributed by atoms with van der Waals surface area (Å²) >= 11 is 0. The molecule has 7 heteroatoms. The summed E-state index contributed by atoms with van der Waals surface area (Å²) in [6, 6.07) is 11.5. The number of amides is 1. The number of rotatable bonds is 7. The smallest absolute Gasteiger partial charge is 0.339 e. The average Bonchev–Trinajstić information content (AvgIpc) is 2.67. The van der Waals surface area contributed by atoms with E-state index < -0.39 is 18.0 Å². The van der Waals surface area contributed by atoms with E-state index >= 15 is 0 Å². The highest BCUT2D eigenvalue weighted by Gasteiger charge is 2.20. The van der Waals surface area contributed by atoms with Crippen molar-refractivity contribution >= 4 is 17.6 Å². The predicted octanol–water partition coefficient (Wildman–Crippen LogP) is 2.90. The summed E-state index contributed by atoms with van der Waals surface area (Å²) in [6.45, 7) is 1.49. The van der Waals surface area contributed by atoms with Crippen LogP contribution in [0.4, 0.5) is 5.69 Å². The summed E-state index contributed by atoms with van der Waals surface area (Å²) < 4.78 is 20.6. The second-order valence-electron chi connectivity index (χ2n) is 5.34. The first kappa shape index (κ1) is 19.1. The van der Waals surface area contributed by atoms with Crippen molar-refractivity contribution < 1.29 is 28.5 Å². The summed E-state index contributed by atoms with van der Waals surface area (Å²) in [5.41, 5.74) is 0.798. The molecule has 2 rings (SSSR count). The van der Waals surface area contributed by atoms with Gasteiger partial charge in [-0.25, -0.2) is 4.79 Å². The number of hydrogen-bond donors (Lipinski definition) is 1. The molecule has 0 radical (unpaired) electrons. The van der Waals surface area contributed by atoms with Crippen LogP contribution in [0.3, 0.4) is 0 Å². The minimum Gasteiger partial charge on any atom is -0.497 e. The molecule has 0 aliphatic rings. The van der Waals surface area contributed by atoms with Crippen LogP contribution < -0.4 is 19.5 Å². The van der Waals surface area contributed by atoms with Crippen molar-refractivity contribution in [2.24, 2.45) is 0 Å². The van der Waals surface area contributed by atoms with Crippen LogP contribution in [0.1, 0.15) is 17.3 Å². The molecule has 0 unspecified atom stereocenters.